The normalized spacial score (nSPS) is 10.6. The summed E-state index contributed by atoms with van der Waals surface area (Å²) in [5.41, 5.74) is 5.40. The molecule has 0 bridgehead atoms. The number of nitrogens with one attached hydrogen (secondary N) is 1. The summed E-state index contributed by atoms with van der Waals surface area (Å²) in [6.45, 7) is 4.29. The first-order valence-electron chi connectivity index (χ1n) is 4.55. The molecular formula is C10H17ClN2OS. The predicted molar refractivity (Wildman–Crippen MR) is 66.5 cm³/mol. The van der Waals surface area contributed by atoms with Crippen molar-refractivity contribution in [2.75, 3.05) is 6.54 Å². The number of halogens is 1. The first-order valence-corrected chi connectivity index (χ1v) is 5.43. The van der Waals surface area contributed by atoms with Crippen LogP contribution < -0.4 is 11.1 Å². The van der Waals surface area contributed by atoms with Crippen LogP contribution in [-0.4, -0.2) is 18.0 Å². The van der Waals surface area contributed by atoms with E-state index < -0.39 is 0 Å². The van der Waals surface area contributed by atoms with Crippen LogP contribution in [0.2, 0.25) is 0 Å². The van der Waals surface area contributed by atoms with Crippen molar-refractivity contribution >= 4 is 29.7 Å². The molecule has 0 saturated carbocycles. The number of rotatable bonds is 4. The van der Waals surface area contributed by atoms with Gasteiger partial charge in [-0.15, -0.1) is 23.7 Å². The Morgan fingerprint density at radius 3 is 2.73 bits per heavy atom. The summed E-state index contributed by atoms with van der Waals surface area (Å²) in [5.74, 6) is 0.0333. The highest BCUT2D eigenvalue weighted by Crippen LogP contribution is 2.08. The Morgan fingerprint density at radius 1 is 1.60 bits per heavy atom. The minimum atomic E-state index is -0.342. The highest BCUT2D eigenvalue weighted by Gasteiger charge is 2.12. The summed E-state index contributed by atoms with van der Waals surface area (Å²) in [6.07, 6.45) is 0.452. The monoisotopic (exact) mass is 248 g/mol. The van der Waals surface area contributed by atoms with Crippen LogP contribution in [0.4, 0.5) is 0 Å². The lowest BCUT2D eigenvalue weighted by Gasteiger charge is -2.18. The van der Waals surface area contributed by atoms with Crippen molar-refractivity contribution in [2.45, 2.75) is 25.8 Å². The molecule has 0 aliphatic carbocycles. The number of hydrogen-bond donors (Lipinski definition) is 2. The highest BCUT2D eigenvalue weighted by atomic mass is 35.5. The number of amides is 1. The van der Waals surface area contributed by atoms with Gasteiger partial charge >= 0.3 is 0 Å². The van der Waals surface area contributed by atoms with Gasteiger partial charge in [-0.2, -0.15) is 0 Å². The van der Waals surface area contributed by atoms with Crippen LogP contribution in [-0.2, 0) is 11.2 Å². The minimum Gasteiger partial charge on any atom is -0.354 e. The SMILES string of the molecule is CC(C)(N)CNC(=O)Cc1cccs1.Cl. The van der Waals surface area contributed by atoms with E-state index in [2.05, 4.69) is 5.32 Å². The van der Waals surface area contributed by atoms with Gasteiger partial charge < -0.3 is 11.1 Å². The Bertz CT molecular complexity index is 293. The molecule has 0 unspecified atom stereocenters. The van der Waals surface area contributed by atoms with Crippen LogP contribution >= 0.6 is 23.7 Å². The van der Waals surface area contributed by atoms with E-state index in [-0.39, 0.29) is 23.9 Å². The van der Waals surface area contributed by atoms with E-state index in [0.717, 1.165) is 4.88 Å². The van der Waals surface area contributed by atoms with Crippen LogP contribution in [0.1, 0.15) is 18.7 Å². The second-order valence-corrected chi connectivity index (χ2v) is 5.05. The Hall–Kier alpha value is -0.580. The zero-order valence-corrected chi connectivity index (χ0v) is 10.6. The van der Waals surface area contributed by atoms with Gasteiger partial charge in [0.15, 0.2) is 0 Å². The number of carbonyl (C=O) groups is 1. The van der Waals surface area contributed by atoms with Gasteiger partial charge in [-0.25, -0.2) is 0 Å². The summed E-state index contributed by atoms with van der Waals surface area (Å²) in [4.78, 5) is 12.5. The van der Waals surface area contributed by atoms with E-state index in [1.54, 1.807) is 11.3 Å². The number of nitrogens with two attached hydrogens (primary N) is 1. The molecule has 0 spiro atoms. The van der Waals surface area contributed by atoms with Crippen molar-refractivity contribution in [2.24, 2.45) is 5.73 Å². The van der Waals surface area contributed by atoms with E-state index in [9.17, 15) is 4.79 Å². The smallest absolute Gasteiger partial charge is 0.225 e. The van der Waals surface area contributed by atoms with Gasteiger partial charge in [0.25, 0.3) is 0 Å². The third-order valence-electron chi connectivity index (χ3n) is 1.66. The third-order valence-corrected chi connectivity index (χ3v) is 2.53. The molecule has 5 heteroatoms. The van der Waals surface area contributed by atoms with Crippen molar-refractivity contribution in [3.8, 4) is 0 Å². The lowest BCUT2D eigenvalue weighted by atomic mass is 10.1. The van der Waals surface area contributed by atoms with Gasteiger partial charge in [0, 0.05) is 17.0 Å². The molecule has 0 fully saturated rings. The van der Waals surface area contributed by atoms with E-state index >= 15 is 0 Å². The quantitative estimate of drug-likeness (QED) is 0.850. The minimum absolute atomic E-state index is 0. The summed E-state index contributed by atoms with van der Waals surface area (Å²) in [5, 5.41) is 4.77. The molecule has 1 amide bonds. The zero-order chi connectivity index (χ0) is 10.6. The fraction of sp³-hybridized carbons (Fsp3) is 0.500. The summed E-state index contributed by atoms with van der Waals surface area (Å²) in [6, 6.07) is 3.90. The molecule has 86 valence electrons. The van der Waals surface area contributed by atoms with Gasteiger partial charge in [0.05, 0.1) is 6.42 Å². The van der Waals surface area contributed by atoms with E-state index in [1.165, 1.54) is 0 Å². The number of hydrogen-bond acceptors (Lipinski definition) is 3. The molecule has 1 rings (SSSR count). The number of carbonyl (C=O) groups excluding carboxylic acids is 1. The Labute approximate surface area is 100 Å². The molecule has 1 aromatic rings. The molecule has 0 saturated heterocycles. The van der Waals surface area contributed by atoms with Crippen molar-refractivity contribution < 1.29 is 4.79 Å². The molecule has 3 nitrogen and oxygen atoms in total. The molecule has 3 N–H and O–H groups in total. The molecule has 15 heavy (non-hydrogen) atoms. The largest absolute Gasteiger partial charge is 0.354 e. The van der Waals surface area contributed by atoms with E-state index in [1.807, 2.05) is 31.4 Å². The van der Waals surface area contributed by atoms with Crippen LogP contribution in [0, 0.1) is 0 Å². The fourth-order valence-corrected chi connectivity index (χ4v) is 1.66. The molecule has 0 aromatic carbocycles. The topological polar surface area (TPSA) is 55.1 Å². The molecule has 0 aliphatic rings. The van der Waals surface area contributed by atoms with Crippen molar-refractivity contribution in [1.82, 2.24) is 5.32 Å². The van der Waals surface area contributed by atoms with Crippen LogP contribution in [0.5, 0.6) is 0 Å². The van der Waals surface area contributed by atoms with Gasteiger partial charge in [0.2, 0.25) is 5.91 Å². The van der Waals surface area contributed by atoms with Crippen molar-refractivity contribution in [1.29, 1.82) is 0 Å². The maximum Gasteiger partial charge on any atom is 0.225 e. The number of thiophene rings is 1. The average molecular weight is 249 g/mol. The Morgan fingerprint density at radius 2 is 2.27 bits per heavy atom. The second kappa shape index (κ2) is 6.10. The molecule has 1 aromatic heterocycles. The molecule has 0 radical (unpaired) electrons. The average Bonchev–Trinajstić information content (AvgIpc) is 2.52. The molecule has 0 aliphatic heterocycles. The molecule has 1 heterocycles. The standard InChI is InChI=1S/C10H16N2OS.ClH/c1-10(2,11)7-12-9(13)6-8-4-3-5-14-8;/h3-5H,6-7,11H2,1-2H3,(H,12,13);1H. The summed E-state index contributed by atoms with van der Waals surface area (Å²) >= 11 is 1.59. The van der Waals surface area contributed by atoms with Gasteiger partial charge in [0.1, 0.15) is 0 Å². The van der Waals surface area contributed by atoms with Crippen LogP contribution in [0.25, 0.3) is 0 Å². The first kappa shape index (κ1) is 14.4. The predicted octanol–water partition coefficient (Wildman–Crippen LogP) is 1.57. The summed E-state index contributed by atoms with van der Waals surface area (Å²) < 4.78 is 0. The highest BCUT2D eigenvalue weighted by molar-refractivity contribution is 7.10. The maximum atomic E-state index is 11.4. The lowest BCUT2D eigenvalue weighted by Crippen LogP contribution is -2.45. The lowest BCUT2D eigenvalue weighted by molar-refractivity contribution is -0.120. The van der Waals surface area contributed by atoms with Crippen LogP contribution in [0.15, 0.2) is 17.5 Å². The van der Waals surface area contributed by atoms with Crippen molar-refractivity contribution in [3.63, 3.8) is 0 Å². The Balaban J connectivity index is 0.00000196. The summed E-state index contributed by atoms with van der Waals surface area (Å²) in [7, 11) is 0. The maximum absolute atomic E-state index is 11.4. The van der Waals surface area contributed by atoms with Gasteiger partial charge in [-0.1, -0.05) is 6.07 Å². The van der Waals surface area contributed by atoms with E-state index in [0.29, 0.717) is 13.0 Å². The van der Waals surface area contributed by atoms with Gasteiger partial charge in [-0.05, 0) is 25.3 Å². The van der Waals surface area contributed by atoms with Crippen LogP contribution in [0.3, 0.4) is 0 Å². The Kier molecular flexibility index (Phi) is 5.87. The molecular weight excluding hydrogens is 232 g/mol. The van der Waals surface area contributed by atoms with E-state index in [4.69, 9.17) is 5.73 Å². The van der Waals surface area contributed by atoms with Crippen molar-refractivity contribution in [3.05, 3.63) is 22.4 Å². The second-order valence-electron chi connectivity index (χ2n) is 4.02. The van der Waals surface area contributed by atoms with Gasteiger partial charge in [-0.3, -0.25) is 4.79 Å². The third kappa shape index (κ3) is 6.49. The zero-order valence-electron chi connectivity index (χ0n) is 8.95. The fourth-order valence-electron chi connectivity index (χ4n) is 0.960. The molecule has 0 atom stereocenters. The first-order chi connectivity index (χ1) is 6.47.